The van der Waals surface area contributed by atoms with Crippen molar-refractivity contribution >= 4 is 39.9 Å². The number of ether oxygens (including phenoxy) is 1. The summed E-state index contributed by atoms with van der Waals surface area (Å²) in [6.45, 7) is 4.73. The highest BCUT2D eigenvalue weighted by Gasteiger charge is 2.26. The van der Waals surface area contributed by atoms with Crippen LogP contribution in [0.25, 0.3) is 11.0 Å². The zero-order valence-electron chi connectivity index (χ0n) is 17.7. The molecule has 0 fully saturated rings. The number of nitrogens with zero attached hydrogens (tertiary/aromatic N) is 1. The third kappa shape index (κ3) is 3.64. The molecule has 6 heteroatoms. The van der Waals surface area contributed by atoms with Crippen LogP contribution in [0.3, 0.4) is 0 Å². The summed E-state index contributed by atoms with van der Waals surface area (Å²) in [4.78, 5) is 15.0. The molecule has 162 valence electrons. The Hall–Kier alpha value is -2.95. The highest BCUT2D eigenvalue weighted by atomic mass is 35.5. The monoisotopic (exact) mass is 465 g/mol. The zero-order valence-corrected chi connectivity index (χ0v) is 19.3. The van der Waals surface area contributed by atoms with E-state index in [2.05, 4.69) is 0 Å². The molecule has 0 radical (unpaired) electrons. The first-order valence-electron chi connectivity index (χ1n) is 10.4. The molecule has 1 aromatic heterocycles. The number of hydrogen-bond acceptors (Lipinski definition) is 4. The van der Waals surface area contributed by atoms with Crippen molar-refractivity contribution in [3.05, 3.63) is 103 Å². The number of anilines is 1. The van der Waals surface area contributed by atoms with E-state index < -0.39 is 0 Å². The van der Waals surface area contributed by atoms with Crippen LogP contribution in [0.2, 0.25) is 10.0 Å². The Morgan fingerprint density at radius 3 is 2.53 bits per heavy atom. The molecule has 0 N–H and O–H groups in total. The van der Waals surface area contributed by atoms with E-state index in [1.807, 2.05) is 73.3 Å². The van der Waals surface area contributed by atoms with Gasteiger partial charge in [0, 0.05) is 28.1 Å². The largest absolute Gasteiger partial charge is 0.471 e. The number of aryl methyl sites for hydroxylation is 2. The predicted octanol–water partition coefficient (Wildman–Crippen LogP) is 6.66. The minimum atomic E-state index is -0.334. The molecule has 0 atom stereocenters. The minimum absolute atomic E-state index is 0.326. The Bertz CT molecular complexity index is 1400. The summed E-state index contributed by atoms with van der Waals surface area (Å²) in [6, 6.07) is 17.6. The second-order valence-corrected chi connectivity index (χ2v) is 8.92. The van der Waals surface area contributed by atoms with Gasteiger partial charge in [0.05, 0.1) is 17.1 Å². The maximum atomic E-state index is 13.0. The second kappa shape index (κ2) is 8.19. The lowest BCUT2D eigenvalue weighted by Crippen LogP contribution is -2.32. The molecule has 1 aliphatic rings. The van der Waals surface area contributed by atoms with Crippen LogP contribution in [0.5, 0.6) is 5.75 Å². The average Bonchev–Trinajstić information content (AvgIpc) is 2.80. The van der Waals surface area contributed by atoms with Crippen LogP contribution in [-0.2, 0) is 13.0 Å². The van der Waals surface area contributed by atoms with Crippen molar-refractivity contribution in [2.45, 2.75) is 26.8 Å². The van der Waals surface area contributed by atoms with E-state index in [1.165, 1.54) is 0 Å². The molecule has 3 aromatic carbocycles. The highest BCUT2D eigenvalue weighted by molar-refractivity contribution is 6.33. The van der Waals surface area contributed by atoms with Crippen molar-refractivity contribution in [3.63, 3.8) is 0 Å². The van der Waals surface area contributed by atoms with Crippen LogP contribution in [-0.4, -0.2) is 6.73 Å². The summed E-state index contributed by atoms with van der Waals surface area (Å²) < 4.78 is 11.9. The Balaban J connectivity index is 1.61. The van der Waals surface area contributed by atoms with Gasteiger partial charge in [0.2, 0.25) is 0 Å². The fourth-order valence-corrected chi connectivity index (χ4v) is 4.61. The first kappa shape index (κ1) is 20.9. The van der Waals surface area contributed by atoms with Gasteiger partial charge in [-0.25, -0.2) is 4.79 Å². The van der Waals surface area contributed by atoms with Gasteiger partial charge in [0.15, 0.2) is 6.73 Å². The maximum absolute atomic E-state index is 13.0. The van der Waals surface area contributed by atoms with Crippen LogP contribution in [0.15, 0.2) is 63.8 Å². The molecule has 2 heterocycles. The molecule has 0 saturated carbocycles. The fraction of sp³-hybridized carbons (Fsp3) is 0.192. The lowest BCUT2D eigenvalue weighted by atomic mass is 9.97. The zero-order chi connectivity index (χ0) is 22.4. The van der Waals surface area contributed by atoms with Crippen LogP contribution >= 0.6 is 23.2 Å². The summed E-state index contributed by atoms with van der Waals surface area (Å²) in [5.41, 5.74) is 5.46. The van der Waals surface area contributed by atoms with Gasteiger partial charge in [0.1, 0.15) is 11.3 Å². The Kier molecular flexibility index (Phi) is 5.36. The standard InChI is InChI=1S/C26H21Cl2NO3/c1-15-8-9-18(11-22(15)27)29-13-21-24-19(12-23(28)25(21)31-14-29)16(2)20(26(30)32-24)10-17-6-4-3-5-7-17/h3-9,11-12H,10,13-14H2,1-2H3. The van der Waals surface area contributed by atoms with Crippen LogP contribution in [0.1, 0.15) is 27.8 Å². The molecule has 0 bridgehead atoms. The van der Waals surface area contributed by atoms with E-state index in [0.29, 0.717) is 46.6 Å². The summed E-state index contributed by atoms with van der Waals surface area (Å²) in [5, 5.41) is 2.03. The lowest BCUT2D eigenvalue weighted by molar-refractivity contribution is 0.289. The molecule has 32 heavy (non-hydrogen) atoms. The summed E-state index contributed by atoms with van der Waals surface area (Å²) in [5.74, 6) is 0.562. The molecule has 0 spiro atoms. The van der Waals surface area contributed by atoms with Gasteiger partial charge < -0.3 is 14.1 Å². The van der Waals surface area contributed by atoms with Gasteiger partial charge in [-0.3, -0.25) is 0 Å². The fourth-order valence-electron chi connectivity index (χ4n) is 4.16. The molecule has 5 rings (SSSR count). The van der Waals surface area contributed by atoms with E-state index in [-0.39, 0.29) is 5.63 Å². The van der Waals surface area contributed by atoms with Crippen LogP contribution < -0.4 is 15.3 Å². The third-order valence-electron chi connectivity index (χ3n) is 6.04. The molecule has 0 amide bonds. The van der Waals surface area contributed by atoms with E-state index in [0.717, 1.165) is 33.3 Å². The molecule has 4 aromatic rings. The molecular weight excluding hydrogens is 445 g/mol. The number of hydrogen-bond donors (Lipinski definition) is 0. The predicted molar refractivity (Wildman–Crippen MR) is 129 cm³/mol. The van der Waals surface area contributed by atoms with E-state index >= 15 is 0 Å². The molecule has 0 unspecified atom stereocenters. The first-order valence-corrected chi connectivity index (χ1v) is 11.1. The van der Waals surface area contributed by atoms with Crippen molar-refractivity contribution in [2.75, 3.05) is 11.6 Å². The maximum Gasteiger partial charge on any atom is 0.340 e. The van der Waals surface area contributed by atoms with Gasteiger partial charge in [-0.05, 0) is 48.7 Å². The lowest BCUT2D eigenvalue weighted by Gasteiger charge is -2.32. The van der Waals surface area contributed by atoms with Gasteiger partial charge in [0.25, 0.3) is 0 Å². The van der Waals surface area contributed by atoms with Gasteiger partial charge in [-0.15, -0.1) is 0 Å². The van der Waals surface area contributed by atoms with Crippen molar-refractivity contribution < 1.29 is 9.15 Å². The quantitative estimate of drug-likeness (QED) is 0.317. The molecule has 0 aliphatic carbocycles. The van der Waals surface area contributed by atoms with Crippen molar-refractivity contribution in [1.29, 1.82) is 0 Å². The van der Waals surface area contributed by atoms with Gasteiger partial charge >= 0.3 is 5.63 Å². The highest BCUT2D eigenvalue weighted by Crippen LogP contribution is 2.41. The summed E-state index contributed by atoms with van der Waals surface area (Å²) in [7, 11) is 0. The van der Waals surface area contributed by atoms with Gasteiger partial charge in [-0.2, -0.15) is 0 Å². The topological polar surface area (TPSA) is 42.7 Å². The normalized spacial score (nSPS) is 13.2. The number of rotatable bonds is 3. The Morgan fingerprint density at radius 2 is 1.78 bits per heavy atom. The van der Waals surface area contributed by atoms with E-state index in [4.69, 9.17) is 32.4 Å². The smallest absolute Gasteiger partial charge is 0.340 e. The van der Waals surface area contributed by atoms with Gasteiger partial charge in [-0.1, -0.05) is 59.6 Å². The van der Waals surface area contributed by atoms with E-state index in [1.54, 1.807) is 0 Å². The first-order chi connectivity index (χ1) is 15.4. The van der Waals surface area contributed by atoms with Crippen LogP contribution in [0, 0.1) is 13.8 Å². The SMILES string of the molecule is Cc1ccc(N2COc3c(Cl)cc4c(C)c(Cc5ccccc5)c(=O)oc4c3C2)cc1Cl. The Labute approximate surface area is 195 Å². The summed E-state index contributed by atoms with van der Waals surface area (Å²) >= 11 is 12.9. The van der Waals surface area contributed by atoms with E-state index in [9.17, 15) is 4.79 Å². The number of halogens is 2. The molecule has 4 nitrogen and oxygen atoms in total. The number of benzene rings is 3. The average molecular weight is 466 g/mol. The molecule has 0 saturated heterocycles. The van der Waals surface area contributed by atoms with Crippen molar-refractivity contribution in [3.8, 4) is 5.75 Å². The van der Waals surface area contributed by atoms with Crippen LogP contribution in [0.4, 0.5) is 5.69 Å². The van der Waals surface area contributed by atoms with Crippen molar-refractivity contribution in [1.82, 2.24) is 0 Å². The third-order valence-corrected chi connectivity index (χ3v) is 6.72. The number of fused-ring (bicyclic) bond motifs is 3. The van der Waals surface area contributed by atoms with Crippen molar-refractivity contribution in [2.24, 2.45) is 0 Å². The minimum Gasteiger partial charge on any atom is -0.471 e. The Morgan fingerprint density at radius 1 is 1.00 bits per heavy atom. The second-order valence-electron chi connectivity index (χ2n) is 8.10. The molecular formula is C26H21Cl2NO3. The molecule has 1 aliphatic heterocycles. The summed E-state index contributed by atoms with van der Waals surface area (Å²) in [6.07, 6.45) is 0.504.